The summed E-state index contributed by atoms with van der Waals surface area (Å²) in [5.74, 6) is -0.166. The van der Waals surface area contributed by atoms with Crippen molar-refractivity contribution in [1.82, 2.24) is 5.32 Å². The Morgan fingerprint density at radius 1 is 0.881 bits per heavy atom. The van der Waals surface area contributed by atoms with Gasteiger partial charge in [0.2, 0.25) is 0 Å². The van der Waals surface area contributed by atoms with Crippen molar-refractivity contribution in [1.29, 1.82) is 0 Å². The number of halogens is 1. The molecule has 1 heterocycles. The molecule has 212 valence electrons. The van der Waals surface area contributed by atoms with Gasteiger partial charge in [-0.3, -0.25) is 4.79 Å². The van der Waals surface area contributed by atoms with E-state index in [1.165, 1.54) is 5.39 Å². The fourth-order valence-electron chi connectivity index (χ4n) is 5.78. The Bertz CT molecular complexity index is 1800. The topological polar surface area (TPSA) is 73.9 Å². The van der Waals surface area contributed by atoms with E-state index in [1.807, 2.05) is 62.4 Å². The van der Waals surface area contributed by atoms with E-state index in [0.717, 1.165) is 27.8 Å². The molecular formula is C35H30BrNO5. The molecule has 1 atom stereocenters. The van der Waals surface area contributed by atoms with E-state index in [4.69, 9.17) is 14.2 Å². The number of Topliss-reactive ketones (excluding diaryl/α,β-unsaturated/α-hetero) is 1. The number of dihydropyridines is 1. The van der Waals surface area contributed by atoms with Crippen molar-refractivity contribution in [3.05, 3.63) is 122 Å². The molecule has 0 radical (unpaired) electrons. The van der Waals surface area contributed by atoms with E-state index in [-0.39, 0.29) is 12.4 Å². The molecule has 0 spiro atoms. The molecule has 1 aliphatic carbocycles. The summed E-state index contributed by atoms with van der Waals surface area (Å²) >= 11 is 3.71. The maximum Gasteiger partial charge on any atom is 0.336 e. The van der Waals surface area contributed by atoms with Crippen molar-refractivity contribution in [2.75, 3.05) is 13.2 Å². The Balaban J connectivity index is 1.42. The molecule has 4 aromatic rings. The zero-order valence-corrected chi connectivity index (χ0v) is 25.2. The van der Waals surface area contributed by atoms with Crippen LogP contribution in [0, 0.1) is 0 Å². The fraction of sp³-hybridized carbons (Fsp3) is 0.200. The number of carbonyl (C=O) groups excluding carboxylic acids is 2. The van der Waals surface area contributed by atoms with Gasteiger partial charge in [-0.05, 0) is 76.8 Å². The summed E-state index contributed by atoms with van der Waals surface area (Å²) in [5, 5.41) is 5.65. The van der Waals surface area contributed by atoms with Crippen molar-refractivity contribution in [3.8, 4) is 11.5 Å². The van der Waals surface area contributed by atoms with Crippen LogP contribution in [0.4, 0.5) is 0 Å². The van der Waals surface area contributed by atoms with Crippen LogP contribution in [0.3, 0.4) is 0 Å². The third-order valence-electron chi connectivity index (χ3n) is 7.61. The Morgan fingerprint density at radius 2 is 1.62 bits per heavy atom. The first-order valence-electron chi connectivity index (χ1n) is 14.0. The van der Waals surface area contributed by atoms with Gasteiger partial charge in [0.05, 0.1) is 29.0 Å². The standard InChI is InChI=1S/C35H30BrNO5/c1-4-40-28-18-24(17-27(36)34(28)42-19-21-14-15-22-10-6-7-11-23(22)16-21)30-29(35(39)41-5-2)20(3)37-32-25-12-8-9-13-26(25)33(38)31(30)32/h6-18,30,37H,4-5,19H2,1-3H3/t30-/m0/s1. The SMILES string of the molecule is CCOC(=O)C1=C(C)NC2=C(C(=O)c3ccccc32)[C@H]1c1cc(Br)c(OCc2ccc3ccccc3c2)c(OCC)c1. The highest BCUT2D eigenvalue weighted by atomic mass is 79.9. The number of esters is 1. The number of ether oxygens (including phenoxy) is 3. The number of hydrogen-bond acceptors (Lipinski definition) is 6. The molecule has 6 nitrogen and oxygen atoms in total. The number of hydrogen-bond donors (Lipinski definition) is 1. The van der Waals surface area contributed by atoms with Gasteiger partial charge in [0.15, 0.2) is 17.3 Å². The lowest BCUT2D eigenvalue weighted by atomic mass is 9.79. The van der Waals surface area contributed by atoms with Crippen LogP contribution in [-0.2, 0) is 16.1 Å². The molecule has 1 aliphatic heterocycles. The molecule has 42 heavy (non-hydrogen) atoms. The van der Waals surface area contributed by atoms with Crippen molar-refractivity contribution in [3.63, 3.8) is 0 Å². The van der Waals surface area contributed by atoms with Crippen molar-refractivity contribution < 1.29 is 23.8 Å². The minimum Gasteiger partial charge on any atom is -0.490 e. The van der Waals surface area contributed by atoms with Gasteiger partial charge in [-0.15, -0.1) is 0 Å². The zero-order valence-electron chi connectivity index (χ0n) is 23.6. The maximum atomic E-state index is 13.8. The van der Waals surface area contributed by atoms with Crippen LogP contribution >= 0.6 is 15.9 Å². The smallest absolute Gasteiger partial charge is 0.336 e. The third kappa shape index (κ3) is 4.88. The number of carbonyl (C=O) groups is 2. The molecular weight excluding hydrogens is 594 g/mol. The van der Waals surface area contributed by atoms with Crippen LogP contribution in [0.5, 0.6) is 11.5 Å². The molecule has 7 heteroatoms. The molecule has 1 N–H and O–H groups in total. The molecule has 0 bridgehead atoms. The van der Waals surface area contributed by atoms with Gasteiger partial charge >= 0.3 is 5.97 Å². The Kier molecular flexibility index (Phi) is 7.60. The van der Waals surface area contributed by atoms with Crippen LogP contribution in [0.2, 0.25) is 0 Å². The van der Waals surface area contributed by atoms with Crippen molar-refractivity contribution in [2.24, 2.45) is 0 Å². The summed E-state index contributed by atoms with van der Waals surface area (Å²) in [4.78, 5) is 27.2. The van der Waals surface area contributed by atoms with Gasteiger partial charge in [0.25, 0.3) is 0 Å². The van der Waals surface area contributed by atoms with Gasteiger partial charge in [-0.25, -0.2) is 4.79 Å². The molecule has 0 unspecified atom stereocenters. The van der Waals surface area contributed by atoms with Gasteiger partial charge < -0.3 is 19.5 Å². The van der Waals surface area contributed by atoms with E-state index in [2.05, 4.69) is 51.6 Å². The normalized spacial score (nSPS) is 15.8. The van der Waals surface area contributed by atoms with Crippen molar-refractivity contribution in [2.45, 2.75) is 33.3 Å². The lowest BCUT2D eigenvalue weighted by molar-refractivity contribution is -0.138. The monoisotopic (exact) mass is 623 g/mol. The number of nitrogens with one attached hydrogen (secondary N) is 1. The van der Waals surface area contributed by atoms with E-state index in [9.17, 15) is 9.59 Å². The summed E-state index contributed by atoms with van der Waals surface area (Å²) in [5.41, 5.74) is 5.46. The average Bonchev–Trinajstić information content (AvgIpc) is 3.27. The molecule has 6 rings (SSSR count). The minimum atomic E-state index is -0.662. The largest absolute Gasteiger partial charge is 0.490 e. The van der Waals surface area contributed by atoms with E-state index in [1.54, 1.807) is 6.92 Å². The van der Waals surface area contributed by atoms with Crippen LogP contribution in [-0.4, -0.2) is 25.0 Å². The fourth-order valence-corrected chi connectivity index (χ4v) is 6.36. The number of fused-ring (bicyclic) bond motifs is 3. The van der Waals surface area contributed by atoms with E-state index >= 15 is 0 Å². The number of ketones is 1. The summed E-state index contributed by atoms with van der Waals surface area (Å²) < 4.78 is 18.5. The van der Waals surface area contributed by atoms with Gasteiger partial charge in [0, 0.05) is 28.3 Å². The van der Waals surface area contributed by atoms with Gasteiger partial charge in [-0.1, -0.05) is 60.7 Å². The van der Waals surface area contributed by atoms with E-state index in [0.29, 0.717) is 51.6 Å². The zero-order chi connectivity index (χ0) is 29.4. The molecule has 0 saturated carbocycles. The Labute approximate surface area is 253 Å². The van der Waals surface area contributed by atoms with Crippen LogP contribution in [0.15, 0.2) is 100 Å². The second kappa shape index (κ2) is 11.5. The predicted octanol–water partition coefficient (Wildman–Crippen LogP) is 7.71. The van der Waals surface area contributed by atoms with Crippen LogP contribution in [0.1, 0.15) is 53.7 Å². The van der Waals surface area contributed by atoms with Crippen LogP contribution < -0.4 is 14.8 Å². The van der Waals surface area contributed by atoms with Gasteiger partial charge in [0.1, 0.15) is 6.61 Å². The molecule has 0 amide bonds. The second-order valence-corrected chi connectivity index (χ2v) is 11.1. The second-order valence-electron chi connectivity index (χ2n) is 10.2. The third-order valence-corrected chi connectivity index (χ3v) is 8.20. The highest BCUT2D eigenvalue weighted by Crippen LogP contribution is 2.49. The summed E-state index contributed by atoms with van der Waals surface area (Å²) in [6, 6.07) is 25.7. The Hall–Kier alpha value is -4.36. The summed E-state index contributed by atoms with van der Waals surface area (Å²) in [6.07, 6.45) is 0. The van der Waals surface area contributed by atoms with Crippen molar-refractivity contribution >= 4 is 44.2 Å². The first kappa shape index (κ1) is 27.8. The number of rotatable bonds is 8. The van der Waals surface area contributed by atoms with Gasteiger partial charge in [-0.2, -0.15) is 0 Å². The average molecular weight is 625 g/mol. The number of benzene rings is 4. The highest BCUT2D eigenvalue weighted by Gasteiger charge is 2.43. The molecule has 2 aliphatic rings. The minimum absolute atomic E-state index is 0.113. The summed E-state index contributed by atoms with van der Waals surface area (Å²) in [7, 11) is 0. The summed E-state index contributed by atoms with van der Waals surface area (Å²) in [6.45, 7) is 6.49. The number of allylic oxidation sites excluding steroid dienone is 2. The van der Waals surface area contributed by atoms with E-state index < -0.39 is 11.9 Å². The predicted molar refractivity (Wildman–Crippen MR) is 166 cm³/mol. The molecule has 0 saturated heterocycles. The Morgan fingerprint density at radius 3 is 2.38 bits per heavy atom. The molecule has 0 fully saturated rings. The highest BCUT2D eigenvalue weighted by molar-refractivity contribution is 9.10. The van der Waals surface area contributed by atoms with Crippen LogP contribution in [0.25, 0.3) is 16.5 Å². The maximum absolute atomic E-state index is 13.8. The molecule has 0 aromatic heterocycles. The first-order chi connectivity index (χ1) is 20.4. The lowest BCUT2D eigenvalue weighted by Gasteiger charge is -2.30. The quantitative estimate of drug-likeness (QED) is 0.203. The molecule has 4 aromatic carbocycles. The first-order valence-corrected chi connectivity index (χ1v) is 14.8. The lowest BCUT2D eigenvalue weighted by Crippen LogP contribution is -2.29.